The SMILES string of the molecule is CCCCCC/C=C\CCCCCCCC(=O)OCCCCCCCCCCCCCCCCCCCCCCCCCCCCCC(=O)NC(CO)C(O)/C=C/CCCCCCCCCCCCCCCCCCCC. The van der Waals surface area contributed by atoms with Gasteiger partial charge >= 0.3 is 5.97 Å². The first kappa shape index (κ1) is 75.3. The van der Waals surface area contributed by atoms with Crippen molar-refractivity contribution in [2.75, 3.05) is 13.2 Å². The van der Waals surface area contributed by atoms with Crippen LogP contribution in [0.1, 0.15) is 393 Å². The van der Waals surface area contributed by atoms with Crippen molar-refractivity contribution in [3.8, 4) is 0 Å². The Labute approximate surface area is 481 Å². The van der Waals surface area contributed by atoms with E-state index in [1.165, 1.54) is 321 Å². The fraction of sp³-hybridized carbons (Fsp3) is 0.915. The second-order valence-electron chi connectivity index (χ2n) is 24.2. The maximum absolute atomic E-state index is 12.5. The Morgan fingerprint density at radius 2 is 0.610 bits per heavy atom. The van der Waals surface area contributed by atoms with Crippen molar-refractivity contribution in [1.29, 1.82) is 0 Å². The van der Waals surface area contributed by atoms with Crippen molar-refractivity contribution in [2.24, 2.45) is 0 Å². The van der Waals surface area contributed by atoms with E-state index in [0.717, 1.165) is 44.9 Å². The first-order chi connectivity index (χ1) is 38.0. The summed E-state index contributed by atoms with van der Waals surface area (Å²) in [6.07, 6.45) is 84.0. The third-order valence-corrected chi connectivity index (χ3v) is 16.5. The lowest BCUT2D eigenvalue weighted by atomic mass is 10.0. The molecule has 0 saturated carbocycles. The summed E-state index contributed by atoms with van der Waals surface area (Å²) < 4.78 is 5.48. The van der Waals surface area contributed by atoms with E-state index < -0.39 is 12.1 Å². The van der Waals surface area contributed by atoms with Gasteiger partial charge in [0.25, 0.3) is 0 Å². The van der Waals surface area contributed by atoms with E-state index in [1.54, 1.807) is 6.08 Å². The first-order valence-corrected chi connectivity index (χ1v) is 35.1. The quantitative estimate of drug-likeness (QED) is 0.0320. The van der Waals surface area contributed by atoms with Crippen LogP contribution in [-0.4, -0.2) is 47.4 Å². The van der Waals surface area contributed by atoms with Gasteiger partial charge in [-0.05, 0) is 57.8 Å². The van der Waals surface area contributed by atoms with Crippen molar-refractivity contribution in [2.45, 2.75) is 405 Å². The van der Waals surface area contributed by atoms with Gasteiger partial charge in [-0.1, -0.05) is 346 Å². The number of amides is 1. The van der Waals surface area contributed by atoms with E-state index in [4.69, 9.17) is 4.74 Å². The maximum Gasteiger partial charge on any atom is 0.305 e. The molecule has 0 aromatic rings. The van der Waals surface area contributed by atoms with Gasteiger partial charge in [-0.3, -0.25) is 9.59 Å². The molecular weight excluding hydrogens is 947 g/mol. The number of carbonyl (C=O) groups excluding carboxylic acids is 2. The van der Waals surface area contributed by atoms with Crippen molar-refractivity contribution in [3.05, 3.63) is 24.3 Å². The Kier molecular flexibility index (Phi) is 65.4. The molecule has 6 nitrogen and oxygen atoms in total. The zero-order valence-electron chi connectivity index (χ0n) is 52.2. The molecule has 0 rings (SSSR count). The highest BCUT2D eigenvalue weighted by Gasteiger charge is 2.18. The third-order valence-electron chi connectivity index (χ3n) is 16.5. The molecule has 0 aliphatic heterocycles. The fourth-order valence-electron chi connectivity index (χ4n) is 11.1. The van der Waals surface area contributed by atoms with Crippen LogP contribution in [0.5, 0.6) is 0 Å². The second kappa shape index (κ2) is 66.8. The van der Waals surface area contributed by atoms with Crippen molar-refractivity contribution >= 4 is 11.9 Å². The average molecular weight is 1080 g/mol. The molecule has 0 aromatic carbocycles. The summed E-state index contributed by atoms with van der Waals surface area (Å²) in [6, 6.07) is -0.626. The molecule has 0 fully saturated rings. The van der Waals surface area contributed by atoms with Gasteiger partial charge in [0.1, 0.15) is 0 Å². The van der Waals surface area contributed by atoms with E-state index in [-0.39, 0.29) is 18.5 Å². The Hall–Kier alpha value is -1.66. The minimum atomic E-state index is -0.843. The molecular formula is C71H137NO5. The van der Waals surface area contributed by atoms with Crippen LogP contribution in [0, 0.1) is 0 Å². The highest BCUT2D eigenvalue weighted by Crippen LogP contribution is 2.19. The molecule has 0 aliphatic rings. The molecule has 456 valence electrons. The summed E-state index contributed by atoms with van der Waals surface area (Å²) in [5.41, 5.74) is 0. The summed E-state index contributed by atoms with van der Waals surface area (Å²) in [4.78, 5) is 24.6. The lowest BCUT2D eigenvalue weighted by Gasteiger charge is -2.20. The topological polar surface area (TPSA) is 95.9 Å². The van der Waals surface area contributed by atoms with Crippen LogP contribution in [0.15, 0.2) is 24.3 Å². The molecule has 1 amide bonds. The van der Waals surface area contributed by atoms with E-state index in [0.29, 0.717) is 19.4 Å². The summed E-state index contributed by atoms with van der Waals surface area (Å²) in [6.45, 7) is 4.92. The number of hydrogen-bond donors (Lipinski definition) is 3. The average Bonchev–Trinajstić information content (AvgIpc) is 3.43. The Bertz CT molecular complexity index is 1200. The van der Waals surface area contributed by atoms with Crippen LogP contribution in [-0.2, 0) is 14.3 Å². The van der Waals surface area contributed by atoms with E-state index in [2.05, 4.69) is 31.3 Å². The normalized spacial score (nSPS) is 12.6. The van der Waals surface area contributed by atoms with Gasteiger partial charge in [0, 0.05) is 12.8 Å². The van der Waals surface area contributed by atoms with Gasteiger partial charge in [-0.25, -0.2) is 0 Å². The zero-order chi connectivity index (χ0) is 55.7. The van der Waals surface area contributed by atoms with E-state index in [1.807, 2.05) is 6.08 Å². The fourth-order valence-corrected chi connectivity index (χ4v) is 11.1. The molecule has 0 radical (unpaired) electrons. The number of aliphatic hydroxyl groups excluding tert-OH is 2. The molecule has 0 saturated heterocycles. The lowest BCUT2D eigenvalue weighted by Crippen LogP contribution is -2.45. The van der Waals surface area contributed by atoms with Crippen molar-refractivity contribution in [3.63, 3.8) is 0 Å². The van der Waals surface area contributed by atoms with Crippen LogP contribution < -0.4 is 5.32 Å². The molecule has 0 aromatic heterocycles. The van der Waals surface area contributed by atoms with Crippen molar-refractivity contribution in [1.82, 2.24) is 5.32 Å². The number of aliphatic hydroxyl groups is 2. The minimum absolute atomic E-state index is 0.00903. The number of rotatable bonds is 66. The summed E-state index contributed by atoms with van der Waals surface area (Å²) in [5.74, 6) is -0.0524. The predicted octanol–water partition coefficient (Wildman–Crippen LogP) is 22.5. The summed E-state index contributed by atoms with van der Waals surface area (Å²) in [5, 5.41) is 23.2. The number of allylic oxidation sites excluding steroid dienone is 3. The van der Waals surface area contributed by atoms with Gasteiger partial charge in [-0.2, -0.15) is 0 Å². The van der Waals surface area contributed by atoms with Crippen LogP contribution >= 0.6 is 0 Å². The Morgan fingerprint density at radius 1 is 0.351 bits per heavy atom. The lowest BCUT2D eigenvalue weighted by molar-refractivity contribution is -0.143. The smallest absolute Gasteiger partial charge is 0.305 e. The summed E-state index contributed by atoms with van der Waals surface area (Å²) in [7, 11) is 0. The van der Waals surface area contributed by atoms with E-state index in [9.17, 15) is 19.8 Å². The predicted molar refractivity (Wildman–Crippen MR) is 338 cm³/mol. The zero-order valence-corrected chi connectivity index (χ0v) is 52.2. The molecule has 3 N–H and O–H groups in total. The minimum Gasteiger partial charge on any atom is -0.466 e. The Morgan fingerprint density at radius 3 is 0.935 bits per heavy atom. The number of unbranched alkanes of at least 4 members (excludes halogenated alkanes) is 53. The number of nitrogens with one attached hydrogen (secondary N) is 1. The molecule has 2 unspecified atom stereocenters. The molecule has 77 heavy (non-hydrogen) atoms. The highest BCUT2D eigenvalue weighted by atomic mass is 16.5. The van der Waals surface area contributed by atoms with Crippen LogP contribution in [0.4, 0.5) is 0 Å². The maximum atomic E-state index is 12.5. The first-order valence-electron chi connectivity index (χ1n) is 35.1. The molecule has 2 atom stereocenters. The van der Waals surface area contributed by atoms with Crippen LogP contribution in [0.3, 0.4) is 0 Å². The Balaban J connectivity index is 3.38. The monoisotopic (exact) mass is 1080 g/mol. The number of carbonyl (C=O) groups is 2. The van der Waals surface area contributed by atoms with Crippen LogP contribution in [0.2, 0.25) is 0 Å². The molecule has 6 heteroatoms. The van der Waals surface area contributed by atoms with Gasteiger partial charge in [0.05, 0.1) is 25.4 Å². The van der Waals surface area contributed by atoms with E-state index >= 15 is 0 Å². The molecule has 0 bridgehead atoms. The number of ether oxygens (including phenoxy) is 1. The molecule has 0 heterocycles. The number of hydrogen-bond acceptors (Lipinski definition) is 5. The van der Waals surface area contributed by atoms with Gasteiger partial charge in [0.2, 0.25) is 5.91 Å². The number of esters is 1. The molecule has 0 aliphatic carbocycles. The van der Waals surface area contributed by atoms with Gasteiger partial charge in [-0.15, -0.1) is 0 Å². The van der Waals surface area contributed by atoms with Gasteiger partial charge in [0.15, 0.2) is 0 Å². The van der Waals surface area contributed by atoms with Crippen molar-refractivity contribution < 1.29 is 24.5 Å². The summed E-state index contributed by atoms with van der Waals surface area (Å²) >= 11 is 0. The standard InChI is InChI=1S/C71H137NO5/c1-3-5-7-9-11-13-15-17-18-19-20-30-33-36-40-43-47-51-55-59-63-69(74)68(67-73)72-70(75)64-60-56-52-48-44-41-37-34-31-28-26-24-22-21-23-25-27-29-32-35-38-42-46-50-54-58-62-66-77-71(76)65-61-57-53-49-45-39-16-14-12-10-8-6-4-2/h14,16,59,63,68-69,73-74H,3-13,15,17-58,60-62,64-67H2,1-2H3,(H,72,75)/b16-14-,63-59+. The third kappa shape index (κ3) is 63.4. The van der Waals surface area contributed by atoms with Crippen LogP contribution in [0.25, 0.3) is 0 Å². The largest absolute Gasteiger partial charge is 0.466 e. The molecule has 0 spiro atoms. The second-order valence-corrected chi connectivity index (χ2v) is 24.2. The highest BCUT2D eigenvalue weighted by molar-refractivity contribution is 5.76. The van der Waals surface area contributed by atoms with Gasteiger partial charge < -0.3 is 20.3 Å².